The third-order valence-electron chi connectivity index (χ3n) is 4.71. The number of aromatic nitrogens is 1. The van der Waals surface area contributed by atoms with Gasteiger partial charge in [-0.2, -0.15) is 0 Å². The summed E-state index contributed by atoms with van der Waals surface area (Å²) in [5.41, 5.74) is 1.76. The van der Waals surface area contributed by atoms with Crippen molar-refractivity contribution in [3.63, 3.8) is 0 Å². The minimum absolute atomic E-state index is 0. The van der Waals surface area contributed by atoms with Crippen molar-refractivity contribution in [3.8, 4) is 0 Å². The van der Waals surface area contributed by atoms with E-state index in [9.17, 15) is 8.42 Å². The number of rotatable bonds is 3. The molecule has 1 fully saturated rings. The van der Waals surface area contributed by atoms with E-state index in [1.54, 1.807) is 24.4 Å². The molecule has 0 spiro atoms. The highest BCUT2D eigenvalue weighted by molar-refractivity contribution is 7.90. The lowest BCUT2D eigenvalue weighted by atomic mass is 10.2. The molecule has 4 rings (SSSR count). The van der Waals surface area contributed by atoms with Crippen LogP contribution in [0, 0.1) is 0 Å². The second-order valence-corrected chi connectivity index (χ2v) is 8.63. The molecular weight excluding hydrogens is 405 g/mol. The quantitative estimate of drug-likeness (QED) is 0.693. The van der Waals surface area contributed by atoms with Gasteiger partial charge in [0, 0.05) is 41.9 Å². The molecule has 0 aliphatic carbocycles. The van der Waals surface area contributed by atoms with E-state index in [2.05, 4.69) is 16.3 Å². The van der Waals surface area contributed by atoms with Gasteiger partial charge < -0.3 is 10.2 Å². The van der Waals surface area contributed by atoms with Crippen LogP contribution in [0.15, 0.2) is 59.6 Å². The van der Waals surface area contributed by atoms with Gasteiger partial charge in [-0.3, -0.25) is 0 Å². The van der Waals surface area contributed by atoms with Crippen molar-refractivity contribution in [2.24, 2.45) is 0 Å². The van der Waals surface area contributed by atoms with Crippen LogP contribution in [0.25, 0.3) is 10.9 Å². The summed E-state index contributed by atoms with van der Waals surface area (Å²) >= 11 is 5.99. The zero-order valence-corrected chi connectivity index (χ0v) is 17.0. The maximum atomic E-state index is 13.1. The molecule has 1 aliphatic rings. The lowest BCUT2D eigenvalue weighted by Gasteiger charge is -2.23. The fourth-order valence-corrected chi connectivity index (χ4v) is 5.09. The Bertz CT molecular complexity index is 1040. The van der Waals surface area contributed by atoms with E-state index in [-0.39, 0.29) is 17.3 Å². The summed E-state index contributed by atoms with van der Waals surface area (Å²) in [4.78, 5) is 2.51. The lowest BCUT2D eigenvalue weighted by Crippen LogP contribution is -2.27. The highest BCUT2D eigenvalue weighted by Crippen LogP contribution is 2.31. The van der Waals surface area contributed by atoms with Crippen LogP contribution in [0.1, 0.15) is 6.42 Å². The fraction of sp³-hybridized carbons (Fsp3) is 0.263. The SMILES string of the molecule is Cl.O=S(=O)(c1cccc(Cl)c1)n1ccc2c(N3CCCNCC3)cccc21. The third kappa shape index (κ3) is 3.80. The van der Waals surface area contributed by atoms with Crippen LogP contribution in [0.3, 0.4) is 0 Å². The van der Waals surface area contributed by atoms with E-state index >= 15 is 0 Å². The van der Waals surface area contributed by atoms with Crippen LogP contribution in [0.5, 0.6) is 0 Å². The van der Waals surface area contributed by atoms with Crippen molar-refractivity contribution in [2.45, 2.75) is 11.3 Å². The van der Waals surface area contributed by atoms with Gasteiger partial charge in [-0.1, -0.05) is 23.7 Å². The standard InChI is InChI=1S/C19H20ClN3O2S.ClH/c20-15-4-1-5-16(14-15)26(24,25)23-12-8-17-18(6-2-7-19(17)23)22-11-3-9-21-10-13-22;/h1-2,4-8,12,14,21H,3,9-11,13H2;1H. The number of nitrogens with zero attached hydrogens (tertiary/aromatic N) is 2. The molecule has 2 heterocycles. The number of anilines is 1. The molecule has 144 valence electrons. The number of hydrogen-bond acceptors (Lipinski definition) is 4. The number of nitrogens with one attached hydrogen (secondary N) is 1. The van der Waals surface area contributed by atoms with Gasteiger partial charge in [-0.25, -0.2) is 12.4 Å². The summed E-state index contributed by atoms with van der Waals surface area (Å²) in [5, 5.41) is 4.74. The molecule has 1 aliphatic heterocycles. The highest BCUT2D eigenvalue weighted by atomic mass is 35.5. The molecule has 0 atom stereocenters. The Kier molecular flexibility index (Phi) is 6.01. The predicted octanol–water partition coefficient (Wildman–Crippen LogP) is 3.75. The monoisotopic (exact) mass is 425 g/mol. The van der Waals surface area contributed by atoms with Crippen LogP contribution in [-0.4, -0.2) is 38.6 Å². The molecule has 0 bridgehead atoms. The second-order valence-electron chi connectivity index (χ2n) is 6.37. The van der Waals surface area contributed by atoms with Crippen molar-refractivity contribution in [2.75, 3.05) is 31.1 Å². The molecule has 1 saturated heterocycles. The fourth-order valence-electron chi connectivity index (χ4n) is 3.44. The first-order valence-corrected chi connectivity index (χ1v) is 10.5. The molecule has 0 unspecified atom stereocenters. The number of fused-ring (bicyclic) bond motifs is 1. The van der Waals surface area contributed by atoms with Gasteiger partial charge in [0.15, 0.2) is 0 Å². The molecular formula is C19H21Cl2N3O2S. The summed E-state index contributed by atoms with van der Waals surface area (Å²) in [7, 11) is -3.70. The van der Waals surface area contributed by atoms with E-state index in [1.807, 2.05) is 18.2 Å². The maximum absolute atomic E-state index is 13.1. The van der Waals surface area contributed by atoms with E-state index < -0.39 is 10.0 Å². The molecule has 27 heavy (non-hydrogen) atoms. The lowest BCUT2D eigenvalue weighted by molar-refractivity contribution is 0.589. The van der Waals surface area contributed by atoms with E-state index in [4.69, 9.17) is 11.6 Å². The van der Waals surface area contributed by atoms with Gasteiger partial charge in [0.05, 0.1) is 10.4 Å². The summed E-state index contributed by atoms with van der Waals surface area (Å²) in [6, 6.07) is 14.1. The van der Waals surface area contributed by atoms with Crippen LogP contribution in [0.4, 0.5) is 5.69 Å². The Morgan fingerprint density at radius 3 is 2.63 bits per heavy atom. The van der Waals surface area contributed by atoms with Gasteiger partial charge in [0.25, 0.3) is 10.0 Å². The second kappa shape index (κ2) is 8.10. The molecule has 2 aromatic carbocycles. The molecule has 1 N–H and O–H groups in total. The summed E-state index contributed by atoms with van der Waals surface area (Å²) < 4.78 is 27.5. The van der Waals surface area contributed by atoms with Gasteiger partial charge >= 0.3 is 0 Å². The first-order chi connectivity index (χ1) is 12.6. The van der Waals surface area contributed by atoms with Crippen molar-refractivity contribution in [1.29, 1.82) is 0 Å². The zero-order valence-electron chi connectivity index (χ0n) is 14.6. The topological polar surface area (TPSA) is 54.3 Å². The molecule has 1 aromatic heterocycles. The van der Waals surface area contributed by atoms with Crippen molar-refractivity contribution in [3.05, 3.63) is 59.8 Å². The third-order valence-corrected chi connectivity index (χ3v) is 6.63. The molecule has 0 amide bonds. The van der Waals surface area contributed by atoms with Crippen LogP contribution in [-0.2, 0) is 10.0 Å². The first kappa shape index (κ1) is 20.0. The van der Waals surface area contributed by atoms with Crippen molar-refractivity contribution < 1.29 is 8.42 Å². The summed E-state index contributed by atoms with van der Waals surface area (Å²) in [6.45, 7) is 3.80. The Balaban J connectivity index is 0.00000210. The highest BCUT2D eigenvalue weighted by Gasteiger charge is 2.21. The minimum Gasteiger partial charge on any atom is -0.370 e. The van der Waals surface area contributed by atoms with Gasteiger partial charge in [0.2, 0.25) is 0 Å². The molecule has 3 aromatic rings. The number of benzene rings is 2. The molecule has 0 radical (unpaired) electrons. The smallest absolute Gasteiger partial charge is 0.268 e. The number of hydrogen-bond donors (Lipinski definition) is 1. The predicted molar refractivity (Wildman–Crippen MR) is 113 cm³/mol. The molecule has 8 heteroatoms. The van der Waals surface area contributed by atoms with Gasteiger partial charge in [0.1, 0.15) is 0 Å². The normalized spacial score (nSPS) is 15.4. The zero-order chi connectivity index (χ0) is 18.1. The van der Waals surface area contributed by atoms with Crippen LogP contribution < -0.4 is 10.2 Å². The van der Waals surface area contributed by atoms with E-state index in [0.717, 1.165) is 43.7 Å². The first-order valence-electron chi connectivity index (χ1n) is 8.64. The van der Waals surface area contributed by atoms with Crippen LogP contribution >= 0.6 is 24.0 Å². The van der Waals surface area contributed by atoms with Gasteiger partial charge in [-0.05, 0) is 49.4 Å². The summed E-state index contributed by atoms with van der Waals surface area (Å²) in [5.74, 6) is 0. The molecule has 5 nitrogen and oxygen atoms in total. The van der Waals surface area contributed by atoms with Crippen molar-refractivity contribution in [1.82, 2.24) is 9.29 Å². The Morgan fingerprint density at radius 1 is 1.00 bits per heavy atom. The van der Waals surface area contributed by atoms with Gasteiger partial charge in [-0.15, -0.1) is 12.4 Å². The Morgan fingerprint density at radius 2 is 1.81 bits per heavy atom. The number of halogens is 2. The average molecular weight is 426 g/mol. The molecule has 0 saturated carbocycles. The Hall–Kier alpha value is -1.73. The Labute approximate surface area is 170 Å². The summed E-state index contributed by atoms with van der Waals surface area (Å²) in [6.07, 6.45) is 2.69. The van der Waals surface area contributed by atoms with Crippen molar-refractivity contribution >= 4 is 50.6 Å². The largest absolute Gasteiger partial charge is 0.370 e. The van der Waals surface area contributed by atoms with Crippen LogP contribution in [0.2, 0.25) is 5.02 Å². The maximum Gasteiger partial charge on any atom is 0.268 e. The minimum atomic E-state index is -3.70. The van der Waals surface area contributed by atoms with E-state index in [0.29, 0.717) is 10.5 Å². The average Bonchev–Trinajstić information content (AvgIpc) is 2.90. The van der Waals surface area contributed by atoms with E-state index in [1.165, 1.54) is 10.0 Å².